The Bertz CT molecular complexity index is 473. The zero-order valence-electron chi connectivity index (χ0n) is 10.2. The minimum Gasteiger partial charge on any atom is -0.468 e. The highest BCUT2D eigenvalue weighted by Crippen LogP contribution is 2.49. The smallest absolute Gasteiger partial charge is 0.117 e. The van der Waals surface area contributed by atoms with Crippen molar-refractivity contribution in [3.63, 3.8) is 0 Å². The van der Waals surface area contributed by atoms with E-state index in [2.05, 4.69) is 45.1 Å². The van der Waals surface area contributed by atoms with Crippen LogP contribution in [0, 0.1) is 11.3 Å². The molecular weight excluding hydrogens is 196 g/mol. The fourth-order valence-electron chi connectivity index (χ4n) is 3.34. The van der Waals surface area contributed by atoms with Gasteiger partial charge >= 0.3 is 0 Å². The van der Waals surface area contributed by atoms with Crippen LogP contribution in [0.15, 0.2) is 34.5 Å². The van der Waals surface area contributed by atoms with E-state index >= 15 is 0 Å². The van der Waals surface area contributed by atoms with Gasteiger partial charge in [0.2, 0.25) is 0 Å². The van der Waals surface area contributed by atoms with Crippen molar-refractivity contribution in [3.05, 3.63) is 41.4 Å². The van der Waals surface area contributed by atoms with Gasteiger partial charge in [0.15, 0.2) is 0 Å². The molecular formula is C15H18O. The van der Waals surface area contributed by atoms with Gasteiger partial charge in [-0.15, -0.1) is 0 Å². The molecule has 0 unspecified atom stereocenters. The summed E-state index contributed by atoms with van der Waals surface area (Å²) in [7, 11) is 0. The third kappa shape index (κ3) is 1.31. The molecule has 0 spiro atoms. The topological polar surface area (TPSA) is 13.1 Å². The van der Waals surface area contributed by atoms with E-state index in [1.54, 1.807) is 0 Å². The van der Waals surface area contributed by atoms with Gasteiger partial charge in [0, 0.05) is 17.4 Å². The minimum absolute atomic E-state index is 0.338. The Morgan fingerprint density at radius 2 is 2.19 bits per heavy atom. The van der Waals surface area contributed by atoms with Gasteiger partial charge in [-0.2, -0.15) is 0 Å². The third-order valence-corrected chi connectivity index (χ3v) is 4.07. The summed E-state index contributed by atoms with van der Waals surface area (Å²) in [6.45, 7) is 6.97. The molecule has 0 radical (unpaired) electrons. The predicted molar refractivity (Wildman–Crippen MR) is 66.1 cm³/mol. The molecule has 4 rings (SSSR count). The fraction of sp³-hybridized carbons (Fsp3) is 0.467. The second kappa shape index (κ2) is 3.13. The van der Waals surface area contributed by atoms with Crippen LogP contribution in [0.25, 0.3) is 6.08 Å². The Morgan fingerprint density at radius 3 is 2.94 bits per heavy atom. The van der Waals surface area contributed by atoms with E-state index in [-0.39, 0.29) is 0 Å². The summed E-state index contributed by atoms with van der Waals surface area (Å²) in [6.07, 6.45) is 9.95. The number of hydrogen-bond donors (Lipinski definition) is 0. The van der Waals surface area contributed by atoms with Gasteiger partial charge in [0.1, 0.15) is 5.76 Å². The lowest BCUT2D eigenvalue weighted by Gasteiger charge is -2.41. The quantitative estimate of drug-likeness (QED) is 0.584. The first-order valence-electron chi connectivity index (χ1n) is 6.02. The molecule has 0 amide bonds. The molecule has 1 heterocycles. The molecule has 3 aliphatic rings. The monoisotopic (exact) mass is 214 g/mol. The minimum atomic E-state index is 0.338. The van der Waals surface area contributed by atoms with Crippen molar-refractivity contribution in [2.45, 2.75) is 33.1 Å². The first kappa shape index (κ1) is 9.95. The van der Waals surface area contributed by atoms with Crippen molar-refractivity contribution in [2.24, 2.45) is 11.3 Å². The second-order valence-electron chi connectivity index (χ2n) is 5.79. The highest BCUT2D eigenvalue weighted by molar-refractivity contribution is 5.56. The van der Waals surface area contributed by atoms with Gasteiger partial charge in [0.05, 0.1) is 6.26 Å². The van der Waals surface area contributed by atoms with E-state index in [0.29, 0.717) is 17.3 Å². The normalized spacial score (nSPS) is 30.6. The maximum atomic E-state index is 5.67. The lowest BCUT2D eigenvalue weighted by atomic mass is 9.64. The van der Waals surface area contributed by atoms with E-state index in [4.69, 9.17) is 4.42 Å². The van der Waals surface area contributed by atoms with Crippen molar-refractivity contribution in [3.8, 4) is 0 Å². The predicted octanol–water partition coefficient (Wildman–Crippen LogP) is 4.38. The van der Waals surface area contributed by atoms with Crippen LogP contribution in [0.5, 0.6) is 0 Å². The summed E-state index contributed by atoms with van der Waals surface area (Å²) in [4.78, 5) is 0. The summed E-state index contributed by atoms with van der Waals surface area (Å²) < 4.78 is 5.67. The number of rotatable bonds is 0. The van der Waals surface area contributed by atoms with Crippen molar-refractivity contribution in [1.29, 1.82) is 0 Å². The van der Waals surface area contributed by atoms with Crippen molar-refractivity contribution in [1.82, 2.24) is 0 Å². The summed E-state index contributed by atoms with van der Waals surface area (Å²) in [6, 6.07) is 2.07. The maximum absolute atomic E-state index is 5.67. The number of allylic oxidation sites excluding steroid dienone is 3. The van der Waals surface area contributed by atoms with Gasteiger partial charge in [-0.1, -0.05) is 37.6 Å². The van der Waals surface area contributed by atoms with Gasteiger partial charge in [-0.3, -0.25) is 0 Å². The van der Waals surface area contributed by atoms with Crippen LogP contribution in [0.1, 0.15) is 44.4 Å². The standard InChI is InChI=1S/C15H18O/c1-10-8-12-9-15(2,3)13(10)5-4-11-6-7-16-14(11)12/h4-8,12-13H,9H2,1-3H3/t12-,13+/m1/s1. The van der Waals surface area contributed by atoms with Crippen molar-refractivity contribution < 1.29 is 4.42 Å². The summed E-state index contributed by atoms with van der Waals surface area (Å²) in [5.41, 5.74) is 3.08. The zero-order valence-corrected chi connectivity index (χ0v) is 10.2. The first-order chi connectivity index (χ1) is 7.58. The molecule has 16 heavy (non-hydrogen) atoms. The van der Waals surface area contributed by atoms with Gasteiger partial charge < -0.3 is 4.42 Å². The van der Waals surface area contributed by atoms with Gasteiger partial charge in [0.25, 0.3) is 0 Å². The number of furan rings is 1. The van der Waals surface area contributed by atoms with E-state index in [0.717, 1.165) is 5.76 Å². The fourth-order valence-corrected chi connectivity index (χ4v) is 3.34. The Hall–Kier alpha value is -1.24. The number of fused-ring (bicyclic) bond motifs is 1. The Balaban J connectivity index is 2.20. The zero-order chi connectivity index (χ0) is 11.3. The average molecular weight is 214 g/mol. The van der Waals surface area contributed by atoms with Crippen LogP contribution in [0.4, 0.5) is 0 Å². The highest BCUT2D eigenvalue weighted by Gasteiger charge is 2.38. The van der Waals surface area contributed by atoms with Crippen molar-refractivity contribution in [2.75, 3.05) is 0 Å². The molecule has 2 bridgehead atoms. The molecule has 1 heteroatoms. The summed E-state index contributed by atoms with van der Waals surface area (Å²) in [5, 5.41) is 0. The molecule has 0 N–H and O–H groups in total. The molecule has 1 aromatic rings. The molecule has 0 fully saturated rings. The molecule has 3 aliphatic carbocycles. The van der Waals surface area contributed by atoms with Crippen LogP contribution in [-0.4, -0.2) is 0 Å². The Morgan fingerprint density at radius 1 is 1.38 bits per heavy atom. The van der Waals surface area contributed by atoms with E-state index in [1.165, 1.54) is 17.6 Å². The van der Waals surface area contributed by atoms with Crippen molar-refractivity contribution >= 4 is 6.08 Å². The Kier molecular flexibility index (Phi) is 1.95. The maximum Gasteiger partial charge on any atom is 0.117 e. The van der Waals surface area contributed by atoms with Crippen LogP contribution >= 0.6 is 0 Å². The van der Waals surface area contributed by atoms with Gasteiger partial charge in [-0.05, 0) is 24.8 Å². The van der Waals surface area contributed by atoms with E-state index < -0.39 is 0 Å². The molecule has 0 aromatic carbocycles. The largest absolute Gasteiger partial charge is 0.468 e. The first-order valence-corrected chi connectivity index (χ1v) is 6.02. The molecule has 1 nitrogen and oxygen atoms in total. The third-order valence-electron chi connectivity index (χ3n) is 4.07. The summed E-state index contributed by atoms with van der Waals surface area (Å²) in [5.74, 6) is 2.18. The summed E-state index contributed by atoms with van der Waals surface area (Å²) >= 11 is 0. The van der Waals surface area contributed by atoms with E-state index in [9.17, 15) is 0 Å². The molecule has 84 valence electrons. The molecule has 0 aliphatic heterocycles. The lowest BCUT2D eigenvalue weighted by molar-refractivity contribution is 0.230. The molecule has 2 atom stereocenters. The van der Waals surface area contributed by atoms with Crippen LogP contribution in [-0.2, 0) is 0 Å². The van der Waals surface area contributed by atoms with Gasteiger partial charge in [-0.25, -0.2) is 0 Å². The van der Waals surface area contributed by atoms with E-state index in [1.807, 2.05) is 6.26 Å². The van der Waals surface area contributed by atoms with Crippen LogP contribution in [0.2, 0.25) is 0 Å². The van der Waals surface area contributed by atoms with Crippen LogP contribution < -0.4 is 0 Å². The number of hydrogen-bond acceptors (Lipinski definition) is 1. The van der Waals surface area contributed by atoms with Crippen LogP contribution in [0.3, 0.4) is 0 Å². The average Bonchev–Trinajstić information content (AvgIpc) is 2.60. The molecule has 0 saturated carbocycles. The molecule has 1 aromatic heterocycles. The Labute approximate surface area is 96.8 Å². The lowest BCUT2D eigenvalue weighted by Crippen LogP contribution is -2.30. The highest BCUT2D eigenvalue weighted by atomic mass is 16.3. The molecule has 0 saturated heterocycles. The second-order valence-corrected chi connectivity index (χ2v) is 5.79. The SMILES string of the molecule is CC1=C[C@@H]2CC(C)(C)[C@H]1C=Cc1ccoc12.